The van der Waals surface area contributed by atoms with Crippen molar-refractivity contribution in [1.29, 1.82) is 0 Å². The number of aryl methyl sites for hydroxylation is 2. The molecule has 212 valence electrons. The third kappa shape index (κ3) is 7.25. The second-order valence-corrected chi connectivity index (χ2v) is 12.2. The van der Waals surface area contributed by atoms with Gasteiger partial charge in [0.15, 0.2) is 11.8 Å². The van der Waals surface area contributed by atoms with Gasteiger partial charge < -0.3 is 10.1 Å². The Kier molecular flexibility index (Phi) is 9.38. The molecule has 0 spiro atoms. The summed E-state index contributed by atoms with van der Waals surface area (Å²) in [5.74, 6) is -0.147. The first-order chi connectivity index (χ1) is 20.2. The second kappa shape index (κ2) is 13.2. The van der Waals surface area contributed by atoms with Crippen molar-refractivity contribution in [2.75, 3.05) is 16.8 Å². The molecule has 6 nitrogen and oxygen atoms in total. The molecule has 0 aliphatic carbocycles. The van der Waals surface area contributed by atoms with Crippen LogP contribution in [0.25, 0.3) is 6.08 Å². The minimum atomic E-state index is -0.376. The van der Waals surface area contributed by atoms with Crippen molar-refractivity contribution in [2.45, 2.75) is 13.8 Å². The summed E-state index contributed by atoms with van der Waals surface area (Å²) in [6.45, 7) is 3.75. The van der Waals surface area contributed by atoms with Gasteiger partial charge in [-0.05, 0) is 92.3 Å². The number of hydrogen-bond donors (Lipinski definition) is 1. The Hall–Kier alpha value is -3.56. The number of benzene rings is 4. The molecule has 42 heavy (non-hydrogen) atoms. The van der Waals surface area contributed by atoms with Crippen molar-refractivity contribution in [1.82, 2.24) is 0 Å². The normalized spacial score (nSPS) is 15.0. The molecule has 1 saturated heterocycles. The Morgan fingerprint density at radius 3 is 2.33 bits per heavy atom. The van der Waals surface area contributed by atoms with Gasteiger partial charge in [0.1, 0.15) is 5.75 Å². The lowest BCUT2D eigenvalue weighted by Crippen LogP contribution is -2.28. The van der Waals surface area contributed by atoms with Crippen molar-refractivity contribution in [2.24, 2.45) is 4.99 Å². The van der Waals surface area contributed by atoms with E-state index in [-0.39, 0.29) is 18.4 Å². The fourth-order valence-corrected chi connectivity index (χ4v) is 5.69. The van der Waals surface area contributed by atoms with Crippen molar-refractivity contribution in [3.63, 3.8) is 0 Å². The summed E-state index contributed by atoms with van der Waals surface area (Å²) in [6.07, 6.45) is 1.75. The molecule has 0 aromatic heterocycles. The van der Waals surface area contributed by atoms with Crippen LogP contribution in [0.15, 0.2) is 99.3 Å². The van der Waals surface area contributed by atoms with Gasteiger partial charge in [0.2, 0.25) is 0 Å². The molecular formula is C32H24BrCl2N3O3S. The van der Waals surface area contributed by atoms with Crippen LogP contribution in [0.2, 0.25) is 10.0 Å². The number of nitrogens with one attached hydrogen (secondary N) is 1. The molecule has 0 atom stereocenters. The van der Waals surface area contributed by atoms with E-state index in [0.717, 1.165) is 27.0 Å². The summed E-state index contributed by atoms with van der Waals surface area (Å²) >= 11 is 16.8. The lowest BCUT2D eigenvalue weighted by molar-refractivity contribution is -0.118. The molecule has 0 bridgehead atoms. The van der Waals surface area contributed by atoms with Crippen LogP contribution in [0.3, 0.4) is 0 Å². The zero-order chi connectivity index (χ0) is 29.8. The van der Waals surface area contributed by atoms with Gasteiger partial charge in [-0.2, -0.15) is 0 Å². The molecular weight excluding hydrogens is 657 g/mol. The van der Waals surface area contributed by atoms with Gasteiger partial charge in [-0.25, -0.2) is 4.99 Å². The summed E-state index contributed by atoms with van der Waals surface area (Å²) in [4.78, 5) is 33.3. The average molecular weight is 681 g/mol. The van der Waals surface area contributed by atoms with E-state index in [0.29, 0.717) is 37.1 Å². The van der Waals surface area contributed by atoms with Crippen molar-refractivity contribution >= 4 is 91.0 Å². The van der Waals surface area contributed by atoms with Crippen molar-refractivity contribution in [3.05, 3.63) is 121 Å². The maximum absolute atomic E-state index is 13.8. The van der Waals surface area contributed by atoms with E-state index in [4.69, 9.17) is 32.9 Å². The van der Waals surface area contributed by atoms with E-state index in [2.05, 4.69) is 21.2 Å². The van der Waals surface area contributed by atoms with Crippen LogP contribution in [-0.4, -0.2) is 23.6 Å². The molecule has 4 aromatic carbocycles. The van der Waals surface area contributed by atoms with Gasteiger partial charge in [-0.3, -0.25) is 14.5 Å². The Morgan fingerprint density at radius 2 is 1.64 bits per heavy atom. The smallest absolute Gasteiger partial charge is 0.271 e. The molecule has 1 aliphatic rings. The van der Waals surface area contributed by atoms with Gasteiger partial charge in [-0.15, -0.1) is 0 Å². The van der Waals surface area contributed by atoms with Crippen LogP contribution in [0.5, 0.6) is 5.75 Å². The number of aliphatic imine (C=N–C) groups is 1. The molecule has 4 aromatic rings. The number of carbonyl (C=O) groups is 2. The first-order valence-corrected chi connectivity index (χ1v) is 15.2. The number of rotatable bonds is 7. The van der Waals surface area contributed by atoms with Gasteiger partial charge in [0, 0.05) is 15.7 Å². The Labute approximate surface area is 266 Å². The van der Waals surface area contributed by atoms with E-state index >= 15 is 0 Å². The monoisotopic (exact) mass is 679 g/mol. The van der Waals surface area contributed by atoms with Crippen molar-refractivity contribution in [3.8, 4) is 5.75 Å². The summed E-state index contributed by atoms with van der Waals surface area (Å²) in [7, 11) is 0. The van der Waals surface area contributed by atoms with E-state index in [1.807, 2.05) is 68.4 Å². The van der Waals surface area contributed by atoms with Gasteiger partial charge in [0.05, 0.1) is 26.3 Å². The van der Waals surface area contributed by atoms with Crippen LogP contribution >= 0.6 is 50.9 Å². The largest absolute Gasteiger partial charge is 0.483 e. The van der Waals surface area contributed by atoms with E-state index in [9.17, 15) is 9.59 Å². The van der Waals surface area contributed by atoms with Crippen molar-refractivity contribution < 1.29 is 14.3 Å². The quantitative estimate of drug-likeness (QED) is 0.198. The average Bonchev–Trinajstić information content (AvgIpc) is 3.26. The van der Waals surface area contributed by atoms with E-state index in [1.165, 1.54) is 11.8 Å². The second-order valence-electron chi connectivity index (χ2n) is 9.46. The fourth-order valence-electron chi connectivity index (χ4n) is 4.02. The number of nitrogens with zero attached hydrogens (tertiary/aromatic N) is 2. The van der Waals surface area contributed by atoms with E-state index in [1.54, 1.807) is 41.3 Å². The number of hydrogen-bond acceptors (Lipinski definition) is 5. The highest BCUT2D eigenvalue weighted by molar-refractivity contribution is 9.10. The number of anilines is 2. The third-order valence-electron chi connectivity index (χ3n) is 6.18. The molecule has 2 amide bonds. The maximum Gasteiger partial charge on any atom is 0.271 e. The number of halogens is 3. The standard InChI is InChI=1S/C32H24BrCl2N3O3S/c1-19-3-8-23(9-4-19)37-32-38(25-11-5-20(2)6-12-25)31(40)29(42-32)16-21-15-22(33)7-14-28(21)41-18-30(39)36-24-10-13-26(34)27(35)17-24/h3-17H,18H2,1-2H3,(H,36,39)/b29-16+,37-32?. The fraction of sp³-hybridized carbons (Fsp3) is 0.0938. The molecule has 5 rings (SSSR count). The molecule has 10 heteroatoms. The molecule has 1 heterocycles. The Morgan fingerprint density at radius 1 is 0.952 bits per heavy atom. The third-order valence-corrected chi connectivity index (χ3v) is 8.38. The van der Waals surface area contributed by atoms with Crippen LogP contribution in [0.1, 0.15) is 16.7 Å². The summed E-state index contributed by atoms with van der Waals surface area (Å²) in [6, 6.07) is 25.7. The minimum Gasteiger partial charge on any atom is -0.483 e. The highest BCUT2D eigenvalue weighted by Crippen LogP contribution is 2.39. The minimum absolute atomic E-state index is 0.210. The zero-order valence-electron chi connectivity index (χ0n) is 22.5. The summed E-state index contributed by atoms with van der Waals surface area (Å²) in [5, 5.41) is 4.01. The van der Waals surface area contributed by atoms with Crippen LogP contribution < -0.4 is 15.0 Å². The van der Waals surface area contributed by atoms with Crippen LogP contribution in [-0.2, 0) is 9.59 Å². The van der Waals surface area contributed by atoms with E-state index < -0.39 is 0 Å². The Balaban J connectivity index is 1.42. The summed E-state index contributed by atoms with van der Waals surface area (Å²) < 4.78 is 6.68. The maximum atomic E-state index is 13.8. The SMILES string of the molecule is Cc1ccc(N=C2S/C(=C/c3cc(Br)ccc3OCC(=O)Nc3ccc(Cl)c(Cl)c3)C(=O)N2c2ccc(C)cc2)cc1. The zero-order valence-corrected chi connectivity index (χ0v) is 26.4. The highest BCUT2D eigenvalue weighted by Gasteiger charge is 2.35. The molecule has 1 aliphatic heterocycles. The van der Waals surface area contributed by atoms with Gasteiger partial charge in [0.25, 0.3) is 11.8 Å². The number of amidine groups is 1. The number of ether oxygens (including phenoxy) is 1. The van der Waals surface area contributed by atoms with Gasteiger partial charge in [-0.1, -0.05) is 74.5 Å². The predicted octanol–water partition coefficient (Wildman–Crippen LogP) is 9.20. The topological polar surface area (TPSA) is 71.0 Å². The summed E-state index contributed by atoms with van der Waals surface area (Å²) in [5.41, 5.74) is 4.80. The predicted molar refractivity (Wildman–Crippen MR) is 177 cm³/mol. The molecule has 0 unspecified atom stereocenters. The lowest BCUT2D eigenvalue weighted by Gasteiger charge is -2.16. The molecule has 0 radical (unpaired) electrons. The Bertz CT molecular complexity index is 1720. The van der Waals surface area contributed by atoms with Crippen LogP contribution in [0.4, 0.5) is 17.1 Å². The molecule has 0 saturated carbocycles. The van der Waals surface area contributed by atoms with Gasteiger partial charge >= 0.3 is 0 Å². The van der Waals surface area contributed by atoms with Crippen LogP contribution in [0, 0.1) is 13.8 Å². The molecule has 1 N–H and O–H groups in total. The highest BCUT2D eigenvalue weighted by atomic mass is 79.9. The first kappa shape index (κ1) is 29.9. The number of amides is 2. The first-order valence-electron chi connectivity index (χ1n) is 12.8. The number of carbonyl (C=O) groups excluding carboxylic acids is 2. The number of thioether (sulfide) groups is 1. The molecule has 1 fully saturated rings. The lowest BCUT2D eigenvalue weighted by atomic mass is 10.1.